The second-order valence-corrected chi connectivity index (χ2v) is 5.00. The molecule has 92 valence electrons. The van der Waals surface area contributed by atoms with Crippen molar-refractivity contribution in [1.82, 2.24) is 0 Å². The van der Waals surface area contributed by atoms with E-state index in [0.717, 1.165) is 18.6 Å². The van der Waals surface area contributed by atoms with Crippen LogP contribution < -0.4 is 4.74 Å². The molecule has 1 fully saturated rings. The van der Waals surface area contributed by atoms with Gasteiger partial charge in [-0.2, -0.15) is 0 Å². The molecule has 0 aliphatic heterocycles. The molecule has 1 saturated carbocycles. The molecule has 0 atom stereocenters. The summed E-state index contributed by atoms with van der Waals surface area (Å²) in [5.74, 6) is 0.680. The fourth-order valence-corrected chi connectivity index (χ4v) is 2.12. The minimum Gasteiger partial charge on any atom is -0.490 e. The highest BCUT2D eigenvalue weighted by molar-refractivity contribution is 9.10. The van der Waals surface area contributed by atoms with Crippen LogP contribution in [-0.2, 0) is 0 Å². The summed E-state index contributed by atoms with van der Waals surface area (Å²) in [6.45, 7) is 0. The standard InChI is InChI=1S/C14H11BrO3/c15-14-12(6-7-17-14)13(16)9-2-1-3-11(8-9)18-10-4-5-10/h1-3,6-8,10H,4-5H2. The van der Waals surface area contributed by atoms with Crippen LogP contribution in [0.25, 0.3) is 0 Å². The van der Waals surface area contributed by atoms with E-state index < -0.39 is 0 Å². The molecule has 1 aliphatic carbocycles. The molecule has 1 heterocycles. The number of hydrogen-bond donors (Lipinski definition) is 0. The highest BCUT2D eigenvalue weighted by Gasteiger charge is 2.24. The van der Waals surface area contributed by atoms with Crippen LogP contribution in [0.15, 0.2) is 45.7 Å². The van der Waals surface area contributed by atoms with Gasteiger partial charge in [0, 0.05) is 5.56 Å². The van der Waals surface area contributed by atoms with Gasteiger partial charge in [0.1, 0.15) is 5.75 Å². The highest BCUT2D eigenvalue weighted by atomic mass is 79.9. The lowest BCUT2D eigenvalue weighted by Crippen LogP contribution is -2.02. The third-order valence-corrected chi connectivity index (χ3v) is 3.40. The molecule has 3 nitrogen and oxygen atoms in total. The smallest absolute Gasteiger partial charge is 0.197 e. The van der Waals surface area contributed by atoms with E-state index in [1.54, 1.807) is 18.2 Å². The highest BCUT2D eigenvalue weighted by Crippen LogP contribution is 2.28. The van der Waals surface area contributed by atoms with E-state index in [1.807, 2.05) is 12.1 Å². The predicted octanol–water partition coefficient (Wildman–Crippen LogP) is 3.81. The maximum absolute atomic E-state index is 12.2. The quantitative estimate of drug-likeness (QED) is 0.806. The van der Waals surface area contributed by atoms with E-state index in [0.29, 0.717) is 21.9 Å². The predicted molar refractivity (Wildman–Crippen MR) is 69.9 cm³/mol. The molecule has 0 bridgehead atoms. The maximum Gasteiger partial charge on any atom is 0.197 e. The molecule has 0 saturated heterocycles. The van der Waals surface area contributed by atoms with Crippen molar-refractivity contribution in [3.8, 4) is 5.75 Å². The van der Waals surface area contributed by atoms with Gasteiger partial charge in [0.25, 0.3) is 0 Å². The van der Waals surface area contributed by atoms with Crippen LogP contribution in [0, 0.1) is 0 Å². The van der Waals surface area contributed by atoms with E-state index >= 15 is 0 Å². The Bertz CT molecular complexity index is 584. The average molecular weight is 307 g/mol. The number of furan rings is 1. The molecule has 1 aliphatic rings. The SMILES string of the molecule is O=C(c1cccc(OC2CC2)c1)c1ccoc1Br. The van der Waals surface area contributed by atoms with Crippen LogP contribution in [0.3, 0.4) is 0 Å². The molecule has 3 rings (SSSR count). The lowest BCUT2D eigenvalue weighted by molar-refractivity contribution is 0.103. The molecule has 0 N–H and O–H groups in total. The maximum atomic E-state index is 12.2. The number of carbonyl (C=O) groups excluding carboxylic acids is 1. The van der Waals surface area contributed by atoms with E-state index in [1.165, 1.54) is 6.26 Å². The van der Waals surface area contributed by atoms with Crippen LogP contribution in [0.1, 0.15) is 28.8 Å². The van der Waals surface area contributed by atoms with Gasteiger partial charge < -0.3 is 9.15 Å². The number of rotatable bonds is 4. The van der Waals surface area contributed by atoms with Crippen LogP contribution in [0.2, 0.25) is 0 Å². The Morgan fingerprint density at radius 1 is 1.33 bits per heavy atom. The lowest BCUT2D eigenvalue weighted by atomic mass is 10.1. The third-order valence-electron chi connectivity index (χ3n) is 2.79. The summed E-state index contributed by atoms with van der Waals surface area (Å²) in [6.07, 6.45) is 4.02. The first-order chi connectivity index (χ1) is 8.74. The normalized spacial score (nSPS) is 14.5. The molecule has 18 heavy (non-hydrogen) atoms. The van der Waals surface area contributed by atoms with Crippen molar-refractivity contribution in [1.29, 1.82) is 0 Å². The first kappa shape index (κ1) is 11.5. The Kier molecular flexibility index (Phi) is 2.96. The number of hydrogen-bond acceptors (Lipinski definition) is 3. The van der Waals surface area contributed by atoms with Crippen LogP contribution in [-0.4, -0.2) is 11.9 Å². The van der Waals surface area contributed by atoms with Crippen molar-refractivity contribution in [3.63, 3.8) is 0 Å². The van der Waals surface area contributed by atoms with Gasteiger partial charge in [-0.1, -0.05) is 12.1 Å². The first-order valence-corrected chi connectivity index (χ1v) is 6.58. The molecule has 0 spiro atoms. The van der Waals surface area contributed by atoms with Gasteiger partial charge in [0.05, 0.1) is 17.9 Å². The van der Waals surface area contributed by atoms with Crippen molar-refractivity contribution in [3.05, 3.63) is 52.4 Å². The Balaban J connectivity index is 1.87. The van der Waals surface area contributed by atoms with E-state index in [9.17, 15) is 4.79 Å². The van der Waals surface area contributed by atoms with Gasteiger partial charge in [0.15, 0.2) is 10.5 Å². The largest absolute Gasteiger partial charge is 0.490 e. The molecule has 2 aromatic rings. The molecule has 1 aromatic heterocycles. The van der Waals surface area contributed by atoms with Crippen LogP contribution >= 0.6 is 15.9 Å². The van der Waals surface area contributed by atoms with Crippen LogP contribution in [0.4, 0.5) is 0 Å². The minimum atomic E-state index is -0.0723. The van der Waals surface area contributed by atoms with E-state index in [-0.39, 0.29) is 5.78 Å². The summed E-state index contributed by atoms with van der Waals surface area (Å²) in [6, 6.07) is 8.92. The summed E-state index contributed by atoms with van der Waals surface area (Å²) in [5, 5.41) is 0. The number of benzene rings is 1. The average Bonchev–Trinajstić information content (AvgIpc) is 3.08. The number of ketones is 1. The molecule has 4 heteroatoms. The van der Waals surface area contributed by atoms with Gasteiger partial charge in [-0.25, -0.2) is 0 Å². The number of ether oxygens (including phenoxy) is 1. The number of halogens is 1. The Morgan fingerprint density at radius 2 is 2.17 bits per heavy atom. The van der Waals surface area contributed by atoms with Gasteiger partial charge in [0.2, 0.25) is 0 Å². The fourth-order valence-electron chi connectivity index (χ4n) is 1.70. The lowest BCUT2D eigenvalue weighted by Gasteiger charge is -2.05. The van der Waals surface area contributed by atoms with E-state index in [4.69, 9.17) is 9.15 Å². The zero-order valence-corrected chi connectivity index (χ0v) is 11.1. The third kappa shape index (κ3) is 2.34. The zero-order chi connectivity index (χ0) is 12.5. The topological polar surface area (TPSA) is 39.4 Å². The molecular weight excluding hydrogens is 296 g/mol. The van der Waals surface area contributed by atoms with Crippen molar-refractivity contribution in [2.75, 3.05) is 0 Å². The minimum absolute atomic E-state index is 0.0723. The zero-order valence-electron chi connectivity index (χ0n) is 9.56. The number of carbonyl (C=O) groups is 1. The van der Waals surface area contributed by atoms with Gasteiger partial charge >= 0.3 is 0 Å². The van der Waals surface area contributed by atoms with Crippen molar-refractivity contribution in [2.45, 2.75) is 18.9 Å². The molecule has 0 radical (unpaired) electrons. The summed E-state index contributed by atoms with van der Waals surface area (Å²) < 4.78 is 11.2. The second kappa shape index (κ2) is 4.61. The summed E-state index contributed by atoms with van der Waals surface area (Å²) in [7, 11) is 0. The summed E-state index contributed by atoms with van der Waals surface area (Å²) in [4.78, 5) is 12.2. The molecule has 0 amide bonds. The summed E-state index contributed by atoms with van der Waals surface area (Å²) >= 11 is 3.21. The fraction of sp³-hybridized carbons (Fsp3) is 0.214. The first-order valence-electron chi connectivity index (χ1n) is 5.78. The van der Waals surface area contributed by atoms with Crippen LogP contribution in [0.5, 0.6) is 5.75 Å². The molecule has 1 aromatic carbocycles. The van der Waals surface area contributed by atoms with Crippen molar-refractivity contribution >= 4 is 21.7 Å². The molecule has 0 unspecified atom stereocenters. The Hall–Kier alpha value is -1.55. The monoisotopic (exact) mass is 306 g/mol. The Labute approximate surface area is 113 Å². The van der Waals surface area contributed by atoms with Gasteiger partial charge in [-0.3, -0.25) is 4.79 Å². The summed E-state index contributed by atoms with van der Waals surface area (Å²) in [5.41, 5.74) is 1.13. The van der Waals surface area contributed by atoms with Gasteiger partial charge in [-0.05, 0) is 47.0 Å². The molecular formula is C14H11BrO3. The second-order valence-electron chi connectivity index (χ2n) is 4.28. The Morgan fingerprint density at radius 3 is 2.83 bits per heavy atom. The van der Waals surface area contributed by atoms with Gasteiger partial charge in [-0.15, -0.1) is 0 Å². The van der Waals surface area contributed by atoms with Crippen molar-refractivity contribution in [2.24, 2.45) is 0 Å². The van der Waals surface area contributed by atoms with Crippen molar-refractivity contribution < 1.29 is 13.9 Å². The van der Waals surface area contributed by atoms with E-state index in [2.05, 4.69) is 15.9 Å².